The average molecular weight is 568 g/mol. The number of nitriles is 1. The first-order chi connectivity index (χ1) is 19.5. The number of anilines is 3. The third-order valence-electron chi connectivity index (χ3n) is 6.41. The number of rotatable bonds is 7. The Morgan fingerprint density at radius 2 is 1.80 bits per heavy atom. The zero-order chi connectivity index (χ0) is 29.4. The molecule has 1 aliphatic rings. The van der Waals surface area contributed by atoms with E-state index in [9.17, 15) is 27.6 Å². The molecule has 5 rings (SSSR count). The van der Waals surface area contributed by atoms with Gasteiger partial charge in [-0.25, -0.2) is 23.8 Å². The molecule has 0 aliphatic heterocycles. The SMILES string of the molecule is COc1ccc(-n2nc(C3(C(F)(F)F)CC3)cc2NC(=O)Nc2ccc(Oc3ncnc(N)c3C#N)cc2F)cc1. The maximum Gasteiger partial charge on any atom is 0.400 e. The molecule has 0 spiro atoms. The van der Waals surface area contributed by atoms with Crippen molar-refractivity contribution >= 4 is 23.4 Å². The number of aromatic nitrogens is 4. The van der Waals surface area contributed by atoms with E-state index in [4.69, 9.17) is 15.2 Å². The highest BCUT2D eigenvalue weighted by atomic mass is 19.4. The first-order valence-electron chi connectivity index (χ1n) is 11.9. The highest BCUT2D eigenvalue weighted by Gasteiger charge is 2.66. The van der Waals surface area contributed by atoms with Gasteiger partial charge in [0.15, 0.2) is 5.56 Å². The van der Waals surface area contributed by atoms with Crippen LogP contribution in [-0.2, 0) is 5.41 Å². The number of carbonyl (C=O) groups excluding carboxylic acids is 1. The molecular weight excluding hydrogens is 548 g/mol. The number of halogens is 4. The zero-order valence-electron chi connectivity index (χ0n) is 21.2. The molecule has 41 heavy (non-hydrogen) atoms. The molecule has 0 bridgehead atoms. The van der Waals surface area contributed by atoms with Crippen molar-refractivity contribution < 1.29 is 31.8 Å². The first kappa shape index (κ1) is 27.2. The standard InChI is InChI=1S/C26H20F4N8O3/c1-40-15-4-2-14(3-5-15)38-21(11-20(37-38)25(8-9-25)26(28,29)30)36-24(39)35-19-7-6-16(10-18(19)27)41-23-17(12-31)22(32)33-13-34-23/h2-7,10-11,13H,8-9H2,1H3,(H2,32,33,34)(H2,35,36,39). The highest BCUT2D eigenvalue weighted by molar-refractivity contribution is 5.99. The van der Waals surface area contributed by atoms with Gasteiger partial charge in [-0.1, -0.05) is 0 Å². The van der Waals surface area contributed by atoms with Crippen molar-refractivity contribution in [1.82, 2.24) is 19.7 Å². The Hall–Kier alpha value is -5.39. The Labute approximate surface area is 229 Å². The van der Waals surface area contributed by atoms with Gasteiger partial charge in [-0.2, -0.15) is 23.5 Å². The van der Waals surface area contributed by atoms with Crippen LogP contribution in [0, 0.1) is 17.1 Å². The zero-order valence-corrected chi connectivity index (χ0v) is 21.2. The number of ether oxygens (including phenoxy) is 2. The van der Waals surface area contributed by atoms with Crippen LogP contribution in [0.1, 0.15) is 24.1 Å². The van der Waals surface area contributed by atoms with Gasteiger partial charge in [0.05, 0.1) is 24.2 Å². The lowest BCUT2D eigenvalue weighted by atomic mass is 10.0. The number of amides is 2. The van der Waals surface area contributed by atoms with Crippen LogP contribution in [-0.4, -0.2) is 39.1 Å². The number of alkyl halides is 3. The maximum atomic E-state index is 14.8. The molecule has 0 unspecified atom stereocenters. The van der Waals surface area contributed by atoms with E-state index in [2.05, 4.69) is 25.7 Å². The van der Waals surface area contributed by atoms with Crippen LogP contribution in [0.3, 0.4) is 0 Å². The molecule has 2 heterocycles. The van der Waals surface area contributed by atoms with Gasteiger partial charge in [0.25, 0.3) is 0 Å². The molecule has 2 amide bonds. The topological polar surface area (TPSA) is 153 Å². The van der Waals surface area contributed by atoms with Gasteiger partial charge in [0, 0.05) is 12.1 Å². The number of carbonyl (C=O) groups is 1. The van der Waals surface area contributed by atoms with Crippen LogP contribution in [0.2, 0.25) is 0 Å². The number of hydrogen-bond donors (Lipinski definition) is 3. The van der Waals surface area contributed by atoms with Crippen molar-refractivity contribution in [2.75, 3.05) is 23.5 Å². The lowest BCUT2D eigenvalue weighted by Gasteiger charge is -2.16. The van der Waals surface area contributed by atoms with Crippen LogP contribution in [0.25, 0.3) is 5.69 Å². The Morgan fingerprint density at radius 1 is 1.10 bits per heavy atom. The molecule has 0 saturated heterocycles. The van der Waals surface area contributed by atoms with Gasteiger partial charge in [-0.05, 0) is 49.2 Å². The fourth-order valence-corrected chi connectivity index (χ4v) is 4.04. The molecule has 1 saturated carbocycles. The van der Waals surface area contributed by atoms with E-state index in [0.717, 1.165) is 23.1 Å². The second kappa shape index (κ2) is 10.3. The molecule has 0 atom stereocenters. The number of urea groups is 1. The number of nitrogens with zero attached hydrogens (tertiary/aromatic N) is 5. The normalized spacial score (nSPS) is 13.7. The minimum Gasteiger partial charge on any atom is -0.497 e. The lowest BCUT2D eigenvalue weighted by Crippen LogP contribution is -2.29. The summed E-state index contributed by atoms with van der Waals surface area (Å²) in [7, 11) is 1.46. The summed E-state index contributed by atoms with van der Waals surface area (Å²) in [6.07, 6.45) is -3.70. The number of nitrogens with one attached hydrogen (secondary N) is 2. The highest BCUT2D eigenvalue weighted by Crippen LogP contribution is 2.58. The second-order valence-corrected chi connectivity index (χ2v) is 8.98. The predicted molar refractivity (Wildman–Crippen MR) is 137 cm³/mol. The Kier molecular flexibility index (Phi) is 6.83. The molecule has 210 valence electrons. The molecule has 0 radical (unpaired) electrons. The molecule has 4 aromatic rings. The van der Waals surface area contributed by atoms with Gasteiger partial charge in [0.1, 0.15) is 46.8 Å². The molecule has 1 aliphatic carbocycles. The summed E-state index contributed by atoms with van der Waals surface area (Å²) in [5.74, 6) is -0.814. The minimum atomic E-state index is -4.52. The van der Waals surface area contributed by atoms with Gasteiger partial charge in [0.2, 0.25) is 5.88 Å². The molecule has 2 aromatic carbocycles. The predicted octanol–water partition coefficient (Wildman–Crippen LogP) is 5.29. The summed E-state index contributed by atoms with van der Waals surface area (Å²) >= 11 is 0. The maximum absolute atomic E-state index is 14.8. The van der Waals surface area contributed by atoms with Crippen LogP contribution in [0.15, 0.2) is 54.9 Å². The minimum absolute atomic E-state index is 0.0489. The summed E-state index contributed by atoms with van der Waals surface area (Å²) in [6.45, 7) is 0. The summed E-state index contributed by atoms with van der Waals surface area (Å²) in [5, 5.41) is 18.1. The first-order valence-corrected chi connectivity index (χ1v) is 11.9. The van der Waals surface area contributed by atoms with E-state index in [1.807, 2.05) is 0 Å². The molecule has 2 aromatic heterocycles. The molecular formula is C26H20F4N8O3. The Morgan fingerprint density at radius 3 is 2.41 bits per heavy atom. The van der Waals surface area contributed by atoms with Crippen molar-refractivity contribution in [3.05, 3.63) is 71.9 Å². The Bertz CT molecular complexity index is 1660. The molecule has 11 nitrogen and oxygen atoms in total. The summed E-state index contributed by atoms with van der Waals surface area (Å²) in [6, 6.07) is 11.7. The van der Waals surface area contributed by atoms with E-state index in [1.165, 1.54) is 19.2 Å². The van der Waals surface area contributed by atoms with Gasteiger partial charge >= 0.3 is 12.2 Å². The largest absolute Gasteiger partial charge is 0.497 e. The van der Waals surface area contributed by atoms with E-state index in [0.29, 0.717) is 11.4 Å². The fourth-order valence-electron chi connectivity index (χ4n) is 4.04. The molecule has 4 N–H and O–H groups in total. The fraction of sp³-hybridized carbons (Fsp3) is 0.192. The number of benzene rings is 2. The number of nitrogens with two attached hydrogens (primary N) is 1. The lowest BCUT2D eigenvalue weighted by molar-refractivity contribution is -0.161. The van der Waals surface area contributed by atoms with Crippen LogP contribution in [0.5, 0.6) is 17.4 Å². The van der Waals surface area contributed by atoms with Crippen molar-refractivity contribution in [2.45, 2.75) is 24.4 Å². The van der Waals surface area contributed by atoms with E-state index >= 15 is 0 Å². The van der Waals surface area contributed by atoms with Gasteiger partial charge in [-0.3, -0.25) is 5.32 Å². The second-order valence-electron chi connectivity index (χ2n) is 8.98. The monoisotopic (exact) mass is 568 g/mol. The van der Waals surface area contributed by atoms with Crippen LogP contribution < -0.4 is 25.8 Å². The number of methoxy groups -OCH3 is 1. The third-order valence-corrected chi connectivity index (χ3v) is 6.41. The summed E-state index contributed by atoms with van der Waals surface area (Å²) in [4.78, 5) is 20.3. The summed E-state index contributed by atoms with van der Waals surface area (Å²) in [5.41, 5.74) is 3.24. The number of nitrogen functional groups attached to an aromatic ring is 1. The quantitative estimate of drug-likeness (QED) is 0.254. The van der Waals surface area contributed by atoms with Crippen molar-refractivity contribution in [3.8, 4) is 29.1 Å². The molecule has 15 heteroatoms. The summed E-state index contributed by atoms with van der Waals surface area (Å²) < 4.78 is 68.0. The van der Waals surface area contributed by atoms with Gasteiger partial charge in [-0.15, -0.1) is 0 Å². The third kappa shape index (κ3) is 5.26. The van der Waals surface area contributed by atoms with Crippen molar-refractivity contribution in [1.29, 1.82) is 5.26 Å². The number of hydrogen-bond acceptors (Lipinski definition) is 8. The van der Waals surface area contributed by atoms with Crippen molar-refractivity contribution in [3.63, 3.8) is 0 Å². The van der Waals surface area contributed by atoms with E-state index in [1.54, 1.807) is 30.3 Å². The van der Waals surface area contributed by atoms with E-state index in [-0.39, 0.29) is 53.1 Å². The van der Waals surface area contributed by atoms with Gasteiger partial charge < -0.3 is 20.5 Å². The Balaban J connectivity index is 1.37. The van der Waals surface area contributed by atoms with Crippen LogP contribution >= 0.6 is 0 Å². The molecule has 1 fully saturated rings. The average Bonchev–Trinajstić information content (AvgIpc) is 3.66. The smallest absolute Gasteiger partial charge is 0.400 e. The van der Waals surface area contributed by atoms with Crippen LogP contribution in [0.4, 0.5) is 39.7 Å². The van der Waals surface area contributed by atoms with Crippen molar-refractivity contribution in [2.24, 2.45) is 0 Å². The van der Waals surface area contributed by atoms with E-state index < -0.39 is 23.4 Å².